The van der Waals surface area contributed by atoms with Gasteiger partial charge < -0.3 is 14.8 Å². The van der Waals surface area contributed by atoms with E-state index in [9.17, 15) is 0 Å². The molecule has 1 aliphatic heterocycles. The minimum Gasteiger partial charge on any atom is -0.493 e. The van der Waals surface area contributed by atoms with Gasteiger partial charge in [0, 0.05) is 12.6 Å². The Balaban J connectivity index is 1.80. The molecule has 3 nitrogen and oxygen atoms in total. The molecule has 1 fully saturated rings. The molecule has 2 aliphatic rings. The fourth-order valence-corrected chi connectivity index (χ4v) is 1.98. The van der Waals surface area contributed by atoms with Crippen molar-refractivity contribution in [2.24, 2.45) is 5.92 Å². The van der Waals surface area contributed by atoms with Gasteiger partial charge in [0.1, 0.15) is 18.1 Å². The number of anilines is 1. The molecule has 1 aromatic rings. The molecule has 3 rings (SSSR count). The Kier molecular flexibility index (Phi) is 2.39. The summed E-state index contributed by atoms with van der Waals surface area (Å²) in [7, 11) is 0. The van der Waals surface area contributed by atoms with Crippen LogP contribution in [0.25, 0.3) is 0 Å². The van der Waals surface area contributed by atoms with Crippen molar-refractivity contribution in [1.29, 1.82) is 0 Å². The summed E-state index contributed by atoms with van der Waals surface area (Å²) < 4.78 is 11.4. The van der Waals surface area contributed by atoms with Gasteiger partial charge in [-0.25, -0.2) is 0 Å². The van der Waals surface area contributed by atoms with Gasteiger partial charge in [0.2, 0.25) is 0 Å². The topological polar surface area (TPSA) is 30.5 Å². The Hall–Kier alpha value is -1.38. The molecular weight excluding hydrogens is 202 g/mol. The maximum atomic E-state index is 5.77. The first-order chi connectivity index (χ1) is 7.83. The highest BCUT2D eigenvalue weighted by molar-refractivity contribution is 5.65. The Morgan fingerprint density at radius 1 is 1.44 bits per heavy atom. The SMILES string of the molecule is Cc1cc(OCC2CC2)cc2c1NCCO2. The zero-order valence-electron chi connectivity index (χ0n) is 9.58. The Labute approximate surface area is 95.8 Å². The van der Waals surface area contributed by atoms with Gasteiger partial charge in [-0.1, -0.05) is 0 Å². The normalized spacial score (nSPS) is 18.3. The summed E-state index contributed by atoms with van der Waals surface area (Å²) in [5.74, 6) is 2.65. The van der Waals surface area contributed by atoms with E-state index in [-0.39, 0.29) is 0 Å². The quantitative estimate of drug-likeness (QED) is 0.847. The molecule has 1 N–H and O–H groups in total. The van der Waals surface area contributed by atoms with E-state index >= 15 is 0 Å². The van der Waals surface area contributed by atoms with E-state index in [1.54, 1.807) is 0 Å². The highest BCUT2D eigenvalue weighted by Gasteiger charge is 2.22. The lowest BCUT2D eigenvalue weighted by molar-refractivity contribution is 0.291. The van der Waals surface area contributed by atoms with Crippen molar-refractivity contribution in [3.8, 4) is 11.5 Å². The van der Waals surface area contributed by atoms with Crippen LogP contribution < -0.4 is 14.8 Å². The third-order valence-corrected chi connectivity index (χ3v) is 3.12. The minimum absolute atomic E-state index is 0.735. The van der Waals surface area contributed by atoms with Crippen molar-refractivity contribution >= 4 is 5.69 Å². The van der Waals surface area contributed by atoms with Crippen molar-refractivity contribution in [3.05, 3.63) is 17.7 Å². The van der Waals surface area contributed by atoms with Crippen molar-refractivity contribution in [2.75, 3.05) is 25.1 Å². The summed E-state index contributed by atoms with van der Waals surface area (Å²) in [6.07, 6.45) is 2.64. The number of ether oxygens (including phenoxy) is 2. The first-order valence-corrected chi connectivity index (χ1v) is 5.97. The molecule has 3 heteroatoms. The molecular formula is C13H17NO2. The van der Waals surface area contributed by atoms with E-state index in [2.05, 4.69) is 18.3 Å². The molecule has 1 saturated carbocycles. The monoisotopic (exact) mass is 219 g/mol. The molecule has 0 aromatic heterocycles. The predicted molar refractivity (Wildman–Crippen MR) is 63.4 cm³/mol. The first-order valence-electron chi connectivity index (χ1n) is 5.97. The van der Waals surface area contributed by atoms with Crippen LogP contribution in [0.2, 0.25) is 0 Å². The van der Waals surface area contributed by atoms with E-state index in [1.807, 2.05) is 6.07 Å². The van der Waals surface area contributed by atoms with E-state index in [4.69, 9.17) is 9.47 Å². The van der Waals surface area contributed by atoms with Crippen LogP contribution in [0, 0.1) is 12.8 Å². The second-order valence-corrected chi connectivity index (χ2v) is 4.64. The number of aryl methyl sites for hydroxylation is 1. The molecule has 0 unspecified atom stereocenters. The molecule has 0 spiro atoms. The van der Waals surface area contributed by atoms with E-state index in [0.29, 0.717) is 0 Å². The van der Waals surface area contributed by atoms with Crippen LogP contribution in [0.4, 0.5) is 5.69 Å². The molecule has 1 aliphatic carbocycles. The highest BCUT2D eigenvalue weighted by atomic mass is 16.5. The van der Waals surface area contributed by atoms with Crippen LogP contribution in [0.1, 0.15) is 18.4 Å². The van der Waals surface area contributed by atoms with Gasteiger partial charge in [0.25, 0.3) is 0 Å². The average Bonchev–Trinajstić information content (AvgIpc) is 3.10. The smallest absolute Gasteiger partial charge is 0.146 e. The van der Waals surface area contributed by atoms with Crippen LogP contribution >= 0.6 is 0 Å². The number of nitrogens with one attached hydrogen (secondary N) is 1. The maximum absolute atomic E-state index is 5.77. The van der Waals surface area contributed by atoms with Crippen molar-refractivity contribution in [1.82, 2.24) is 0 Å². The van der Waals surface area contributed by atoms with E-state index in [1.165, 1.54) is 18.4 Å². The van der Waals surface area contributed by atoms with E-state index < -0.39 is 0 Å². The largest absolute Gasteiger partial charge is 0.493 e. The fraction of sp³-hybridized carbons (Fsp3) is 0.538. The molecule has 86 valence electrons. The Bertz CT molecular complexity index is 399. The van der Waals surface area contributed by atoms with E-state index in [0.717, 1.165) is 42.9 Å². The highest BCUT2D eigenvalue weighted by Crippen LogP contribution is 2.36. The van der Waals surface area contributed by atoms with Crippen LogP contribution in [-0.4, -0.2) is 19.8 Å². The molecule has 0 amide bonds. The zero-order chi connectivity index (χ0) is 11.0. The van der Waals surface area contributed by atoms with Gasteiger partial charge in [-0.2, -0.15) is 0 Å². The van der Waals surface area contributed by atoms with Crippen molar-refractivity contribution in [2.45, 2.75) is 19.8 Å². The van der Waals surface area contributed by atoms with Crippen LogP contribution in [0.5, 0.6) is 11.5 Å². The average molecular weight is 219 g/mol. The summed E-state index contributed by atoms with van der Waals surface area (Å²) in [6, 6.07) is 4.08. The van der Waals surface area contributed by atoms with Crippen molar-refractivity contribution < 1.29 is 9.47 Å². The summed E-state index contributed by atoms with van der Waals surface area (Å²) in [5.41, 5.74) is 2.31. The number of benzene rings is 1. The lowest BCUT2D eigenvalue weighted by atomic mass is 10.1. The number of hydrogen-bond acceptors (Lipinski definition) is 3. The summed E-state index contributed by atoms with van der Waals surface area (Å²) in [4.78, 5) is 0. The second-order valence-electron chi connectivity index (χ2n) is 4.64. The third kappa shape index (κ3) is 1.94. The van der Waals surface area contributed by atoms with Gasteiger partial charge in [-0.05, 0) is 37.3 Å². The maximum Gasteiger partial charge on any atom is 0.146 e. The molecule has 1 heterocycles. The molecule has 0 atom stereocenters. The molecule has 1 aromatic carbocycles. The van der Waals surface area contributed by atoms with Crippen LogP contribution in [0.15, 0.2) is 12.1 Å². The lowest BCUT2D eigenvalue weighted by Crippen LogP contribution is -2.19. The fourth-order valence-electron chi connectivity index (χ4n) is 1.98. The standard InChI is InChI=1S/C13H17NO2/c1-9-6-11(16-8-10-2-3-10)7-12-13(9)14-4-5-15-12/h6-7,10,14H,2-5,8H2,1H3. The van der Waals surface area contributed by atoms with Gasteiger partial charge >= 0.3 is 0 Å². The summed E-state index contributed by atoms with van der Waals surface area (Å²) in [6.45, 7) is 4.56. The molecule has 0 radical (unpaired) electrons. The Morgan fingerprint density at radius 3 is 3.12 bits per heavy atom. The number of hydrogen-bond donors (Lipinski definition) is 1. The third-order valence-electron chi connectivity index (χ3n) is 3.12. The molecule has 0 bridgehead atoms. The number of fused-ring (bicyclic) bond motifs is 1. The Morgan fingerprint density at radius 2 is 2.31 bits per heavy atom. The zero-order valence-corrected chi connectivity index (χ0v) is 9.58. The van der Waals surface area contributed by atoms with Crippen LogP contribution in [0.3, 0.4) is 0 Å². The summed E-state index contributed by atoms with van der Waals surface area (Å²) in [5, 5.41) is 3.35. The first kappa shape index (κ1) is 9.82. The van der Waals surface area contributed by atoms with Crippen LogP contribution in [-0.2, 0) is 0 Å². The molecule has 0 saturated heterocycles. The minimum atomic E-state index is 0.735. The van der Waals surface area contributed by atoms with Gasteiger partial charge in [-0.3, -0.25) is 0 Å². The van der Waals surface area contributed by atoms with Crippen molar-refractivity contribution in [3.63, 3.8) is 0 Å². The van der Waals surface area contributed by atoms with Gasteiger partial charge in [0.05, 0.1) is 12.3 Å². The predicted octanol–water partition coefficient (Wildman–Crippen LogP) is 2.59. The van der Waals surface area contributed by atoms with Gasteiger partial charge in [-0.15, -0.1) is 0 Å². The van der Waals surface area contributed by atoms with Gasteiger partial charge in [0.15, 0.2) is 0 Å². The second kappa shape index (κ2) is 3.89. The molecule has 16 heavy (non-hydrogen) atoms. The number of rotatable bonds is 3. The summed E-state index contributed by atoms with van der Waals surface area (Å²) >= 11 is 0. The lowest BCUT2D eigenvalue weighted by Gasteiger charge is -2.22.